The summed E-state index contributed by atoms with van der Waals surface area (Å²) >= 11 is 6.17. The fraction of sp³-hybridized carbons (Fsp3) is 0.500. The van der Waals surface area contributed by atoms with E-state index in [1.54, 1.807) is 0 Å². The molecule has 1 aromatic carbocycles. The predicted molar refractivity (Wildman–Crippen MR) is 85.1 cm³/mol. The van der Waals surface area contributed by atoms with Crippen molar-refractivity contribution < 1.29 is 14.7 Å². The molecule has 0 bridgehead atoms. The molecule has 120 valence electrons. The zero-order chi connectivity index (χ0) is 16.3. The van der Waals surface area contributed by atoms with Gasteiger partial charge < -0.3 is 14.9 Å². The van der Waals surface area contributed by atoms with E-state index in [2.05, 4.69) is 0 Å². The van der Waals surface area contributed by atoms with E-state index < -0.39 is 5.97 Å². The average molecular weight is 325 g/mol. The minimum atomic E-state index is -0.984. The van der Waals surface area contributed by atoms with E-state index >= 15 is 0 Å². The van der Waals surface area contributed by atoms with Crippen molar-refractivity contribution in [1.82, 2.24) is 9.80 Å². The van der Waals surface area contributed by atoms with Crippen molar-refractivity contribution in [3.63, 3.8) is 0 Å². The maximum Gasteiger partial charge on any atom is 0.323 e. The van der Waals surface area contributed by atoms with Gasteiger partial charge in [0.15, 0.2) is 0 Å². The summed E-state index contributed by atoms with van der Waals surface area (Å²) in [6, 6.07) is 7.51. The van der Waals surface area contributed by atoms with Gasteiger partial charge in [-0.15, -0.1) is 0 Å². The first-order valence-electron chi connectivity index (χ1n) is 7.30. The minimum Gasteiger partial charge on any atom is -0.480 e. The lowest BCUT2D eigenvalue weighted by atomic mass is 10.1. The molecule has 1 aliphatic carbocycles. The first-order valence-corrected chi connectivity index (χ1v) is 7.67. The first-order chi connectivity index (χ1) is 10.4. The molecule has 0 heterocycles. The second-order valence-corrected chi connectivity index (χ2v) is 6.33. The van der Waals surface area contributed by atoms with Crippen molar-refractivity contribution in [2.45, 2.75) is 12.3 Å². The van der Waals surface area contributed by atoms with Crippen LogP contribution in [-0.2, 0) is 9.59 Å². The summed E-state index contributed by atoms with van der Waals surface area (Å²) in [5, 5.41) is 9.67. The number of carbonyl (C=O) groups is 2. The van der Waals surface area contributed by atoms with Crippen molar-refractivity contribution in [2.24, 2.45) is 5.92 Å². The number of carbonyl (C=O) groups excluding carboxylic acids is 1. The van der Waals surface area contributed by atoms with Gasteiger partial charge in [0, 0.05) is 24.0 Å². The second-order valence-electron chi connectivity index (χ2n) is 5.93. The quantitative estimate of drug-likeness (QED) is 0.832. The summed E-state index contributed by atoms with van der Waals surface area (Å²) in [6.07, 6.45) is 0.737. The lowest BCUT2D eigenvalue weighted by molar-refractivity contribution is -0.145. The Bertz CT molecular complexity index is 562. The highest BCUT2D eigenvalue weighted by Gasteiger charge is 2.46. The van der Waals surface area contributed by atoms with E-state index in [0.29, 0.717) is 18.1 Å². The number of amides is 1. The van der Waals surface area contributed by atoms with E-state index in [1.807, 2.05) is 43.3 Å². The number of benzene rings is 1. The van der Waals surface area contributed by atoms with E-state index in [4.69, 9.17) is 16.7 Å². The van der Waals surface area contributed by atoms with Crippen molar-refractivity contribution in [1.29, 1.82) is 0 Å². The van der Waals surface area contributed by atoms with Crippen LogP contribution in [0.3, 0.4) is 0 Å². The van der Waals surface area contributed by atoms with Crippen LogP contribution < -0.4 is 0 Å². The lowest BCUT2D eigenvalue weighted by Crippen LogP contribution is -2.41. The molecule has 0 spiro atoms. The summed E-state index contributed by atoms with van der Waals surface area (Å²) in [4.78, 5) is 26.9. The Labute approximate surface area is 135 Å². The maximum absolute atomic E-state index is 12.5. The average Bonchev–Trinajstić information content (AvgIpc) is 3.23. The number of hydrogen-bond donors (Lipinski definition) is 1. The summed E-state index contributed by atoms with van der Waals surface area (Å²) in [6.45, 7) is 0.810. The highest BCUT2D eigenvalue weighted by molar-refractivity contribution is 6.31. The SMILES string of the molecule is CN(C)CCN(CC(=O)O)C(=O)[C@H]1C[C@@H]1c1ccccc1Cl. The van der Waals surface area contributed by atoms with Crippen molar-refractivity contribution >= 4 is 23.5 Å². The van der Waals surface area contributed by atoms with Gasteiger partial charge in [-0.1, -0.05) is 29.8 Å². The van der Waals surface area contributed by atoms with Crippen LogP contribution in [0.1, 0.15) is 17.9 Å². The molecule has 1 amide bonds. The maximum atomic E-state index is 12.5. The fourth-order valence-corrected chi connectivity index (χ4v) is 2.85. The summed E-state index contributed by atoms with van der Waals surface area (Å²) < 4.78 is 0. The van der Waals surface area contributed by atoms with Crippen LogP contribution in [0.15, 0.2) is 24.3 Å². The minimum absolute atomic E-state index is 0.0887. The number of carboxylic acid groups (broad SMARTS) is 1. The molecule has 0 aromatic heterocycles. The van der Waals surface area contributed by atoms with Gasteiger partial charge in [-0.3, -0.25) is 9.59 Å². The Balaban J connectivity index is 2.02. The topological polar surface area (TPSA) is 60.9 Å². The molecule has 0 radical (unpaired) electrons. The molecule has 2 rings (SSSR count). The molecule has 6 heteroatoms. The smallest absolute Gasteiger partial charge is 0.323 e. The van der Waals surface area contributed by atoms with Gasteiger partial charge in [0.1, 0.15) is 6.54 Å². The zero-order valence-electron chi connectivity index (χ0n) is 12.8. The summed E-state index contributed by atoms with van der Waals surface area (Å²) in [7, 11) is 3.79. The Morgan fingerprint density at radius 3 is 2.55 bits per heavy atom. The normalized spacial score (nSPS) is 20.0. The number of nitrogens with zero attached hydrogens (tertiary/aromatic N) is 2. The molecular formula is C16H21ClN2O3. The standard InChI is InChI=1S/C16H21ClN2O3/c1-18(2)7-8-19(10-15(20)21)16(22)13-9-12(13)11-5-3-4-6-14(11)17/h3-6,12-13H,7-10H2,1-2H3,(H,20,21)/t12-,13+/m1/s1. The van der Waals surface area contributed by atoms with E-state index in [9.17, 15) is 9.59 Å². The number of likely N-dealkylation sites (N-methyl/N-ethyl adjacent to an activating group) is 1. The van der Waals surface area contributed by atoms with Crippen LogP contribution in [0.4, 0.5) is 0 Å². The molecule has 0 unspecified atom stereocenters. The number of carboxylic acids is 1. The largest absolute Gasteiger partial charge is 0.480 e. The molecule has 0 saturated heterocycles. The van der Waals surface area contributed by atoms with Crippen LogP contribution in [0, 0.1) is 5.92 Å². The van der Waals surface area contributed by atoms with Crippen LogP contribution >= 0.6 is 11.6 Å². The molecule has 1 fully saturated rings. The number of hydrogen-bond acceptors (Lipinski definition) is 3. The van der Waals surface area contributed by atoms with E-state index in [0.717, 1.165) is 12.0 Å². The Morgan fingerprint density at radius 1 is 1.27 bits per heavy atom. The van der Waals surface area contributed by atoms with Gasteiger partial charge in [-0.05, 0) is 38.1 Å². The molecule has 0 aliphatic heterocycles. The molecule has 1 aromatic rings. The van der Waals surface area contributed by atoms with Crippen molar-refractivity contribution in [3.05, 3.63) is 34.9 Å². The predicted octanol–water partition coefficient (Wildman–Crippen LogP) is 1.92. The van der Waals surface area contributed by atoms with Crippen molar-refractivity contribution in [3.8, 4) is 0 Å². The lowest BCUT2D eigenvalue weighted by Gasteiger charge is -2.23. The zero-order valence-corrected chi connectivity index (χ0v) is 13.6. The molecular weight excluding hydrogens is 304 g/mol. The first kappa shape index (κ1) is 16.8. The Morgan fingerprint density at radius 2 is 1.95 bits per heavy atom. The third-order valence-corrected chi connectivity index (χ3v) is 4.21. The fourth-order valence-electron chi connectivity index (χ4n) is 2.57. The number of aliphatic carboxylic acids is 1. The van der Waals surface area contributed by atoms with Crippen LogP contribution in [-0.4, -0.2) is 60.5 Å². The highest BCUT2D eigenvalue weighted by Crippen LogP contribution is 2.50. The van der Waals surface area contributed by atoms with Crippen LogP contribution in [0.25, 0.3) is 0 Å². The van der Waals surface area contributed by atoms with Gasteiger partial charge in [-0.25, -0.2) is 0 Å². The molecule has 1 aliphatic rings. The number of rotatable bonds is 7. The highest BCUT2D eigenvalue weighted by atomic mass is 35.5. The van der Waals surface area contributed by atoms with E-state index in [1.165, 1.54) is 4.90 Å². The molecule has 1 N–H and O–H groups in total. The molecule has 2 atom stereocenters. The van der Waals surface area contributed by atoms with Gasteiger partial charge in [-0.2, -0.15) is 0 Å². The Hall–Kier alpha value is -1.59. The third-order valence-electron chi connectivity index (χ3n) is 3.87. The number of halogens is 1. The van der Waals surface area contributed by atoms with Crippen molar-refractivity contribution in [2.75, 3.05) is 33.7 Å². The molecule has 1 saturated carbocycles. The third kappa shape index (κ3) is 4.21. The van der Waals surface area contributed by atoms with Crippen LogP contribution in [0.2, 0.25) is 5.02 Å². The summed E-state index contributed by atoms with van der Waals surface area (Å²) in [5.74, 6) is -1.12. The molecule has 5 nitrogen and oxygen atoms in total. The van der Waals surface area contributed by atoms with Gasteiger partial charge in [0.25, 0.3) is 0 Å². The molecule has 22 heavy (non-hydrogen) atoms. The van der Waals surface area contributed by atoms with Gasteiger partial charge in [0.05, 0.1) is 0 Å². The second kappa shape index (κ2) is 7.11. The van der Waals surface area contributed by atoms with Gasteiger partial charge in [0.2, 0.25) is 5.91 Å². The monoisotopic (exact) mass is 324 g/mol. The van der Waals surface area contributed by atoms with E-state index in [-0.39, 0.29) is 24.3 Å². The van der Waals surface area contributed by atoms with Crippen LogP contribution in [0.5, 0.6) is 0 Å². The van der Waals surface area contributed by atoms with Gasteiger partial charge >= 0.3 is 5.97 Å². The summed E-state index contributed by atoms with van der Waals surface area (Å²) in [5.41, 5.74) is 0.977. The Kier molecular flexibility index (Phi) is 5.42.